The summed E-state index contributed by atoms with van der Waals surface area (Å²) in [7, 11) is 0. The Labute approximate surface area is 124 Å². The number of carbonyl (C=O) groups excluding carboxylic acids is 1. The molecule has 2 N–H and O–H groups in total. The molecule has 0 aliphatic rings. The predicted molar refractivity (Wildman–Crippen MR) is 73.9 cm³/mol. The van der Waals surface area contributed by atoms with Crippen molar-refractivity contribution in [1.29, 1.82) is 0 Å². The first-order valence-electron chi connectivity index (χ1n) is 5.93. The minimum absolute atomic E-state index is 0.104. The van der Waals surface area contributed by atoms with Crippen LogP contribution in [0.1, 0.15) is 23.5 Å². The first kappa shape index (κ1) is 15.0. The highest BCUT2D eigenvalue weighted by atomic mass is 35.5. The summed E-state index contributed by atoms with van der Waals surface area (Å²) in [6.45, 7) is 1.55. The molecule has 8 heteroatoms. The number of anilines is 1. The van der Waals surface area contributed by atoms with Crippen molar-refractivity contribution >= 4 is 29.2 Å². The van der Waals surface area contributed by atoms with E-state index in [1.54, 1.807) is 6.92 Å². The van der Waals surface area contributed by atoms with Gasteiger partial charge >= 0.3 is 5.97 Å². The first-order valence-corrected chi connectivity index (χ1v) is 6.30. The fourth-order valence-corrected chi connectivity index (χ4v) is 1.79. The van der Waals surface area contributed by atoms with E-state index in [1.165, 1.54) is 29.1 Å². The minimum Gasteiger partial charge on any atom is -0.476 e. The third kappa shape index (κ3) is 3.38. The number of hydrogen-bond acceptors (Lipinski definition) is 3. The number of halogens is 2. The lowest BCUT2D eigenvalue weighted by Crippen LogP contribution is -2.24. The summed E-state index contributed by atoms with van der Waals surface area (Å²) in [5.41, 5.74) is 0.184. The van der Waals surface area contributed by atoms with Crippen LogP contribution in [0, 0.1) is 5.82 Å². The summed E-state index contributed by atoms with van der Waals surface area (Å²) in [6, 6.07) is 4.35. The Hall–Kier alpha value is -2.41. The van der Waals surface area contributed by atoms with E-state index >= 15 is 0 Å². The second kappa shape index (κ2) is 5.92. The van der Waals surface area contributed by atoms with E-state index in [-0.39, 0.29) is 10.7 Å². The molecule has 21 heavy (non-hydrogen) atoms. The van der Waals surface area contributed by atoms with Crippen LogP contribution in [0.15, 0.2) is 30.5 Å². The SMILES string of the molecule is CC(C(=O)Nc1ccc(F)c(Cl)c1)n1ccc(C(=O)O)n1. The van der Waals surface area contributed by atoms with Crippen molar-refractivity contribution in [3.05, 3.63) is 47.0 Å². The summed E-state index contributed by atoms with van der Waals surface area (Å²) in [5.74, 6) is -2.19. The van der Waals surface area contributed by atoms with Gasteiger partial charge in [0.1, 0.15) is 11.9 Å². The Bertz CT molecular complexity index is 702. The van der Waals surface area contributed by atoms with Crippen molar-refractivity contribution in [2.45, 2.75) is 13.0 Å². The summed E-state index contributed by atoms with van der Waals surface area (Å²) >= 11 is 5.62. The lowest BCUT2D eigenvalue weighted by molar-refractivity contribution is -0.119. The zero-order valence-electron chi connectivity index (χ0n) is 10.9. The number of benzene rings is 1. The summed E-state index contributed by atoms with van der Waals surface area (Å²) < 4.78 is 14.2. The molecule has 2 aromatic rings. The number of carboxylic acid groups (broad SMARTS) is 1. The van der Waals surface area contributed by atoms with Gasteiger partial charge in [-0.25, -0.2) is 9.18 Å². The Morgan fingerprint density at radius 1 is 1.43 bits per heavy atom. The van der Waals surface area contributed by atoms with Crippen molar-refractivity contribution in [2.75, 3.05) is 5.32 Å². The van der Waals surface area contributed by atoms with Crippen LogP contribution in [0.2, 0.25) is 5.02 Å². The highest BCUT2D eigenvalue weighted by Crippen LogP contribution is 2.20. The molecule has 1 aromatic heterocycles. The van der Waals surface area contributed by atoms with Gasteiger partial charge in [-0.2, -0.15) is 5.10 Å². The average molecular weight is 312 g/mol. The summed E-state index contributed by atoms with van der Waals surface area (Å²) in [5, 5.41) is 15.0. The molecular formula is C13H11ClFN3O3. The number of hydrogen-bond donors (Lipinski definition) is 2. The van der Waals surface area contributed by atoms with E-state index in [4.69, 9.17) is 16.7 Å². The molecule has 0 radical (unpaired) electrons. The normalized spacial score (nSPS) is 12.0. The maximum absolute atomic E-state index is 13.0. The molecule has 0 saturated heterocycles. The summed E-state index contributed by atoms with van der Waals surface area (Å²) in [4.78, 5) is 22.8. The van der Waals surface area contributed by atoms with Crippen LogP contribution < -0.4 is 5.32 Å². The fraction of sp³-hybridized carbons (Fsp3) is 0.154. The zero-order chi connectivity index (χ0) is 15.6. The van der Waals surface area contributed by atoms with Crippen molar-refractivity contribution in [3.8, 4) is 0 Å². The molecule has 1 heterocycles. The maximum Gasteiger partial charge on any atom is 0.356 e. The molecule has 1 aromatic carbocycles. The molecular weight excluding hydrogens is 301 g/mol. The van der Waals surface area contributed by atoms with Gasteiger partial charge in [0, 0.05) is 11.9 Å². The Balaban J connectivity index is 2.11. The van der Waals surface area contributed by atoms with Gasteiger partial charge in [-0.1, -0.05) is 11.6 Å². The minimum atomic E-state index is -1.17. The van der Waals surface area contributed by atoms with Gasteiger partial charge in [0.2, 0.25) is 5.91 Å². The van der Waals surface area contributed by atoms with E-state index in [2.05, 4.69) is 10.4 Å². The maximum atomic E-state index is 13.0. The second-order valence-corrected chi connectivity index (χ2v) is 4.69. The smallest absolute Gasteiger partial charge is 0.356 e. The number of aromatic nitrogens is 2. The quantitative estimate of drug-likeness (QED) is 0.909. The number of amides is 1. The standard InChI is InChI=1S/C13H11ClFN3O3/c1-7(18-5-4-11(17-18)13(20)21)12(19)16-8-2-3-10(15)9(14)6-8/h2-7H,1H3,(H,16,19)(H,20,21). The van der Waals surface area contributed by atoms with Gasteiger partial charge < -0.3 is 10.4 Å². The number of nitrogens with zero attached hydrogens (tertiary/aromatic N) is 2. The van der Waals surface area contributed by atoms with E-state index in [1.807, 2.05) is 0 Å². The molecule has 110 valence electrons. The lowest BCUT2D eigenvalue weighted by Gasteiger charge is -2.13. The van der Waals surface area contributed by atoms with Crippen molar-refractivity contribution in [1.82, 2.24) is 9.78 Å². The van der Waals surface area contributed by atoms with E-state index in [9.17, 15) is 14.0 Å². The predicted octanol–water partition coefficient (Wildman–Crippen LogP) is 2.57. The molecule has 0 spiro atoms. The topological polar surface area (TPSA) is 84.2 Å². The van der Waals surface area contributed by atoms with Crippen LogP contribution in [0.4, 0.5) is 10.1 Å². The van der Waals surface area contributed by atoms with Gasteiger partial charge in [0.05, 0.1) is 5.02 Å². The van der Waals surface area contributed by atoms with Crippen LogP contribution in [0.3, 0.4) is 0 Å². The van der Waals surface area contributed by atoms with Crippen molar-refractivity contribution in [2.24, 2.45) is 0 Å². The number of nitrogens with one attached hydrogen (secondary N) is 1. The van der Waals surface area contributed by atoms with Gasteiger partial charge in [0.25, 0.3) is 0 Å². The van der Waals surface area contributed by atoms with Crippen LogP contribution in [-0.2, 0) is 4.79 Å². The number of carboxylic acids is 1. The molecule has 1 amide bonds. The third-order valence-corrected chi connectivity index (χ3v) is 3.08. The molecule has 0 fully saturated rings. The fourth-order valence-electron chi connectivity index (χ4n) is 1.61. The first-order chi connectivity index (χ1) is 9.88. The van der Waals surface area contributed by atoms with E-state index in [0.29, 0.717) is 5.69 Å². The number of rotatable bonds is 4. The highest BCUT2D eigenvalue weighted by molar-refractivity contribution is 6.31. The van der Waals surface area contributed by atoms with E-state index in [0.717, 1.165) is 6.07 Å². The lowest BCUT2D eigenvalue weighted by atomic mass is 10.2. The Kier molecular flexibility index (Phi) is 4.23. The second-order valence-electron chi connectivity index (χ2n) is 4.28. The third-order valence-electron chi connectivity index (χ3n) is 2.79. The van der Waals surface area contributed by atoms with Gasteiger partial charge in [-0.15, -0.1) is 0 Å². The highest BCUT2D eigenvalue weighted by Gasteiger charge is 2.18. The van der Waals surface area contributed by atoms with E-state index < -0.39 is 23.7 Å². The van der Waals surface area contributed by atoms with Gasteiger partial charge in [-0.05, 0) is 31.2 Å². The van der Waals surface area contributed by atoms with Crippen LogP contribution in [0.25, 0.3) is 0 Å². The largest absolute Gasteiger partial charge is 0.476 e. The van der Waals surface area contributed by atoms with Crippen LogP contribution in [-0.4, -0.2) is 26.8 Å². The molecule has 0 aliphatic heterocycles. The van der Waals surface area contributed by atoms with Gasteiger partial charge in [-0.3, -0.25) is 9.48 Å². The molecule has 2 rings (SSSR count). The number of carbonyl (C=O) groups is 2. The Morgan fingerprint density at radius 3 is 2.71 bits per heavy atom. The van der Waals surface area contributed by atoms with Gasteiger partial charge in [0.15, 0.2) is 5.69 Å². The van der Waals surface area contributed by atoms with Crippen molar-refractivity contribution in [3.63, 3.8) is 0 Å². The molecule has 0 saturated carbocycles. The monoisotopic (exact) mass is 311 g/mol. The molecule has 0 aliphatic carbocycles. The molecule has 6 nitrogen and oxygen atoms in total. The van der Waals surface area contributed by atoms with Crippen molar-refractivity contribution < 1.29 is 19.1 Å². The molecule has 0 bridgehead atoms. The van der Waals surface area contributed by atoms with Crippen LogP contribution >= 0.6 is 11.6 Å². The zero-order valence-corrected chi connectivity index (χ0v) is 11.6. The Morgan fingerprint density at radius 2 is 2.14 bits per heavy atom. The summed E-state index contributed by atoms with van der Waals surface area (Å²) in [6.07, 6.45) is 1.39. The molecule has 1 atom stereocenters. The van der Waals surface area contributed by atoms with Crippen LogP contribution in [0.5, 0.6) is 0 Å². The number of aromatic carboxylic acids is 1. The molecule has 1 unspecified atom stereocenters. The average Bonchev–Trinajstić information content (AvgIpc) is 2.92.